The first-order chi connectivity index (χ1) is 17.4. The van der Waals surface area contributed by atoms with Gasteiger partial charge < -0.3 is 24.8 Å². The number of carbonyl (C=O) groups excluding carboxylic acids is 2. The highest BCUT2D eigenvalue weighted by Crippen LogP contribution is 2.45. The second kappa shape index (κ2) is 10.5. The molecule has 4 rings (SSSR count). The number of carbonyl (C=O) groups is 2. The van der Waals surface area contributed by atoms with Crippen molar-refractivity contribution in [1.29, 1.82) is 5.26 Å². The fourth-order valence-electron chi connectivity index (χ4n) is 4.65. The monoisotopic (exact) mass is 488 g/mol. The molecule has 2 heterocycles. The second-order valence-electron chi connectivity index (χ2n) is 8.43. The van der Waals surface area contributed by atoms with Gasteiger partial charge in [0.2, 0.25) is 0 Å². The average molecular weight is 489 g/mol. The third-order valence-electron chi connectivity index (χ3n) is 6.33. The average Bonchev–Trinajstić information content (AvgIpc) is 2.92. The number of hydrogen-bond donors (Lipinski definition) is 1. The van der Waals surface area contributed by atoms with E-state index in [0.717, 1.165) is 11.3 Å². The molecule has 9 heteroatoms. The maximum atomic E-state index is 13.3. The number of allylic oxidation sites excluding steroid dienone is 1. The molecule has 2 aromatic rings. The summed E-state index contributed by atoms with van der Waals surface area (Å²) in [4.78, 5) is 30.2. The van der Waals surface area contributed by atoms with E-state index < -0.39 is 17.9 Å². The minimum atomic E-state index is -0.911. The Morgan fingerprint density at radius 3 is 2.31 bits per heavy atom. The number of benzene rings is 2. The number of nitrogens with zero attached hydrogens (tertiary/aromatic N) is 3. The van der Waals surface area contributed by atoms with Gasteiger partial charge in [-0.05, 0) is 30.2 Å². The Morgan fingerprint density at radius 1 is 1.03 bits per heavy atom. The van der Waals surface area contributed by atoms with E-state index in [2.05, 4.69) is 11.0 Å². The van der Waals surface area contributed by atoms with Crippen LogP contribution in [0.5, 0.6) is 0 Å². The number of rotatable bonds is 5. The zero-order valence-electron chi connectivity index (χ0n) is 20.5. The van der Waals surface area contributed by atoms with Crippen molar-refractivity contribution in [2.45, 2.75) is 12.8 Å². The van der Waals surface area contributed by atoms with Crippen LogP contribution in [0.15, 0.2) is 71.2 Å². The Labute approximate surface area is 209 Å². The number of anilines is 2. The van der Waals surface area contributed by atoms with Crippen LogP contribution >= 0.6 is 0 Å². The van der Waals surface area contributed by atoms with E-state index in [-0.39, 0.29) is 22.7 Å². The van der Waals surface area contributed by atoms with Crippen molar-refractivity contribution in [2.75, 3.05) is 50.3 Å². The van der Waals surface area contributed by atoms with E-state index in [0.29, 0.717) is 37.6 Å². The minimum absolute atomic E-state index is 0.0178. The zero-order valence-corrected chi connectivity index (χ0v) is 20.5. The van der Waals surface area contributed by atoms with Crippen LogP contribution in [0.25, 0.3) is 0 Å². The summed E-state index contributed by atoms with van der Waals surface area (Å²) < 4.78 is 15.8. The Balaban J connectivity index is 2.05. The van der Waals surface area contributed by atoms with Gasteiger partial charge in [0.25, 0.3) is 0 Å². The van der Waals surface area contributed by atoms with Crippen LogP contribution in [0.3, 0.4) is 0 Å². The maximum absolute atomic E-state index is 13.3. The molecule has 0 spiro atoms. The molecule has 0 aliphatic carbocycles. The van der Waals surface area contributed by atoms with Crippen molar-refractivity contribution in [3.63, 3.8) is 0 Å². The SMILES string of the molecule is COC(=O)C1=C(C(=O)OC)N(c2cc(C)ccc2N2CCOCC2)C(N)=C(C#N)C1c1ccccc1. The highest BCUT2D eigenvalue weighted by molar-refractivity contribution is 6.07. The topological polar surface area (TPSA) is 118 Å². The van der Waals surface area contributed by atoms with Crippen molar-refractivity contribution in [1.82, 2.24) is 0 Å². The lowest BCUT2D eigenvalue weighted by Gasteiger charge is -2.39. The molecule has 0 bridgehead atoms. The Bertz CT molecular complexity index is 1270. The van der Waals surface area contributed by atoms with E-state index in [1.165, 1.54) is 19.1 Å². The van der Waals surface area contributed by atoms with Gasteiger partial charge in [0.05, 0.1) is 61.9 Å². The van der Waals surface area contributed by atoms with E-state index in [9.17, 15) is 14.9 Å². The summed E-state index contributed by atoms with van der Waals surface area (Å²) in [7, 11) is 2.47. The summed E-state index contributed by atoms with van der Waals surface area (Å²) in [5, 5.41) is 10.3. The van der Waals surface area contributed by atoms with Crippen molar-refractivity contribution in [3.8, 4) is 6.07 Å². The molecule has 2 aliphatic rings. The number of hydrogen-bond acceptors (Lipinski definition) is 9. The van der Waals surface area contributed by atoms with E-state index in [1.807, 2.05) is 31.2 Å². The predicted molar refractivity (Wildman–Crippen MR) is 134 cm³/mol. The van der Waals surface area contributed by atoms with E-state index in [4.69, 9.17) is 19.9 Å². The Morgan fingerprint density at radius 2 is 1.69 bits per heavy atom. The molecule has 36 heavy (non-hydrogen) atoms. The molecule has 2 N–H and O–H groups in total. The molecule has 0 saturated carbocycles. The standard InChI is InChI=1S/C27H28N4O5/c1-17-9-10-20(30-11-13-36-14-12-30)21(15-17)31-24(27(33)35-3)23(26(32)34-2)22(19(16-28)25(31)29)18-7-5-4-6-8-18/h4-10,15,22H,11-14,29H2,1-3H3. The lowest BCUT2D eigenvalue weighted by molar-refractivity contribution is -0.139. The lowest BCUT2D eigenvalue weighted by atomic mass is 9.81. The van der Waals surface area contributed by atoms with Crippen LogP contribution in [0.2, 0.25) is 0 Å². The van der Waals surface area contributed by atoms with E-state index >= 15 is 0 Å². The molecule has 186 valence electrons. The third-order valence-corrected chi connectivity index (χ3v) is 6.33. The molecule has 1 atom stereocenters. The first-order valence-electron chi connectivity index (χ1n) is 11.5. The van der Waals surface area contributed by atoms with Crippen molar-refractivity contribution < 1.29 is 23.8 Å². The predicted octanol–water partition coefficient (Wildman–Crippen LogP) is 2.73. The fourth-order valence-corrected chi connectivity index (χ4v) is 4.65. The van der Waals surface area contributed by atoms with Crippen LogP contribution in [0, 0.1) is 18.3 Å². The molecule has 1 saturated heterocycles. The normalized spacial score (nSPS) is 18.1. The number of nitrogens with two attached hydrogens (primary N) is 1. The molecule has 9 nitrogen and oxygen atoms in total. The van der Waals surface area contributed by atoms with Crippen LogP contribution in [0.4, 0.5) is 11.4 Å². The Hall–Kier alpha value is -4.29. The third kappa shape index (κ3) is 4.39. The van der Waals surface area contributed by atoms with Gasteiger partial charge in [-0.1, -0.05) is 36.4 Å². The zero-order chi connectivity index (χ0) is 25.8. The quantitative estimate of drug-likeness (QED) is 0.634. The molecule has 1 unspecified atom stereocenters. The van der Waals surface area contributed by atoms with Gasteiger partial charge >= 0.3 is 11.9 Å². The fraction of sp³-hybridized carbons (Fsp3) is 0.296. The molecule has 1 fully saturated rings. The van der Waals surface area contributed by atoms with E-state index in [1.54, 1.807) is 24.3 Å². The highest BCUT2D eigenvalue weighted by atomic mass is 16.5. The van der Waals surface area contributed by atoms with Crippen LogP contribution < -0.4 is 15.5 Å². The largest absolute Gasteiger partial charge is 0.466 e. The first kappa shape index (κ1) is 24.8. The van der Waals surface area contributed by atoms with Crippen LogP contribution in [-0.2, 0) is 23.8 Å². The lowest BCUT2D eigenvalue weighted by Crippen LogP contribution is -2.42. The second-order valence-corrected chi connectivity index (χ2v) is 8.43. The number of methoxy groups -OCH3 is 2. The summed E-state index contributed by atoms with van der Waals surface area (Å²) in [6.07, 6.45) is 0. The summed E-state index contributed by atoms with van der Waals surface area (Å²) in [5.74, 6) is -2.40. The van der Waals surface area contributed by atoms with Gasteiger partial charge in [-0.3, -0.25) is 4.90 Å². The number of esters is 2. The molecule has 2 aliphatic heterocycles. The van der Waals surface area contributed by atoms with Gasteiger partial charge in [-0.15, -0.1) is 0 Å². The smallest absolute Gasteiger partial charge is 0.355 e. The van der Waals surface area contributed by atoms with Crippen molar-refractivity contribution in [2.24, 2.45) is 5.73 Å². The summed E-state index contributed by atoms with van der Waals surface area (Å²) in [6.45, 7) is 4.27. The minimum Gasteiger partial charge on any atom is -0.466 e. The molecular formula is C27H28N4O5. The Kier molecular flexibility index (Phi) is 7.27. The van der Waals surface area contributed by atoms with Gasteiger partial charge in [0.15, 0.2) is 0 Å². The number of aryl methyl sites for hydroxylation is 1. The molecule has 0 amide bonds. The number of ether oxygens (including phenoxy) is 3. The van der Waals surface area contributed by atoms with Gasteiger partial charge in [0.1, 0.15) is 11.5 Å². The van der Waals surface area contributed by atoms with Gasteiger partial charge in [-0.2, -0.15) is 5.26 Å². The molecule has 2 aromatic carbocycles. The number of morpholine rings is 1. The molecular weight excluding hydrogens is 460 g/mol. The summed E-state index contributed by atoms with van der Waals surface area (Å²) in [5.41, 5.74) is 9.56. The van der Waals surface area contributed by atoms with Gasteiger partial charge in [0, 0.05) is 13.1 Å². The maximum Gasteiger partial charge on any atom is 0.355 e. The van der Waals surface area contributed by atoms with Crippen molar-refractivity contribution in [3.05, 3.63) is 82.3 Å². The molecule has 0 radical (unpaired) electrons. The summed E-state index contributed by atoms with van der Waals surface area (Å²) in [6, 6.07) is 16.9. The molecule has 0 aromatic heterocycles. The highest BCUT2D eigenvalue weighted by Gasteiger charge is 2.43. The van der Waals surface area contributed by atoms with Crippen LogP contribution in [0.1, 0.15) is 17.0 Å². The first-order valence-corrected chi connectivity index (χ1v) is 11.5. The van der Waals surface area contributed by atoms with Gasteiger partial charge in [-0.25, -0.2) is 9.59 Å². The van der Waals surface area contributed by atoms with Crippen molar-refractivity contribution >= 4 is 23.3 Å². The summed E-state index contributed by atoms with van der Waals surface area (Å²) >= 11 is 0. The number of nitriles is 1. The van der Waals surface area contributed by atoms with Crippen LogP contribution in [-0.4, -0.2) is 52.5 Å².